The molecule has 1 aromatic rings. The van der Waals surface area contributed by atoms with Gasteiger partial charge in [-0.15, -0.1) is 0 Å². The third-order valence-corrected chi connectivity index (χ3v) is 2.22. The Labute approximate surface area is 92.2 Å². The molecule has 0 unspecified atom stereocenters. The molecular weight excluding hydrogens is 212 g/mol. The molecule has 0 saturated carbocycles. The van der Waals surface area contributed by atoms with Gasteiger partial charge in [0.2, 0.25) is 5.91 Å². The van der Waals surface area contributed by atoms with Crippen LogP contribution in [-0.2, 0) is 16.1 Å². The fraction of sp³-hybridized carbons (Fsp3) is 0.400. The smallest absolute Gasteiger partial charge is 0.410 e. The van der Waals surface area contributed by atoms with E-state index < -0.39 is 6.09 Å². The Morgan fingerprint density at radius 1 is 1.56 bits per heavy atom. The minimum atomic E-state index is -0.437. The van der Waals surface area contributed by atoms with Crippen molar-refractivity contribution in [2.75, 3.05) is 19.7 Å². The largest absolute Gasteiger partial charge is 0.467 e. The summed E-state index contributed by atoms with van der Waals surface area (Å²) in [6, 6.07) is 3.52. The number of ether oxygens (including phenoxy) is 1. The van der Waals surface area contributed by atoms with E-state index in [1.807, 2.05) is 0 Å². The summed E-state index contributed by atoms with van der Waals surface area (Å²) in [6.07, 6.45) is 1.10. The first-order valence-corrected chi connectivity index (χ1v) is 4.96. The highest BCUT2D eigenvalue weighted by Gasteiger charge is 2.23. The van der Waals surface area contributed by atoms with E-state index in [-0.39, 0.29) is 12.5 Å². The number of amides is 2. The van der Waals surface area contributed by atoms with Gasteiger partial charge in [-0.3, -0.25) is 9.69 Å². The molecule has 16 heavy (non-hydrogen) atoms. The average Bonchev–Trinajstić information content (AvgIpc) is 2.88. The Bertz CT molecular complexity index is 374. The molecule has 0 aliphatic carbocycles. The monoisotopic (exact) mass is 224 g/mol. The number of carbonyl (C=O) groups excluding carboxylic acids is 2. The van der Waals surface area contributed by atoms with Gasteiger partial charge < -0.3 is 14.5 Å². The van der Waals surface area contributed by atoms with Crippen LogP contribution in [-0.4, -0.2) is 36.6 Å². The average molecular weight is 224 g/mol. The van der Waals surface area contributed by atoms with Crippen molar-refractivity contribution in [2.24, 2.45) is 0 Å². The lowest BCUT2D eigenvalue weighted by molar-refractivity contribution is -0.121. The number of hydrogen-bond donors (Lipinski definition) is 1. The zero-order valence-corrected chi connectivity index (χ0v) is 8.64. The number of furan rings is 1. The van der Waals surface area contributed by atoms with Crippen molar-refractivity contribution in [2.45, 2.75) is 6.54 Å². The van der Waals surface area contributed by atoms with Crippen molar-refractivity contribution in [1.29, 1.82) is 0 Å². The summed E-state index contributed by atoms with van der Waals surface area (Å²) in [7, 11) is 0. The molecule has 1 fully saturated rings. The summed E-state index contributed by atoms with van der Waals surface area (Å²) >= 11 is 0. The Hall–Kier alpha value is -1.98. The second-order valence-corrected chi connectivity index (χ2v) is 3.39. The van der Waals surface area contributed by atoms with Gasteiger partial charge in [0, 0.05) is 0 Å². The van der Waals surface area contributed by atoms with Gasteiger partial charge in [-0.25, -0.2) is 4.79 Å². The van der Waals surface area contributed by atoms with E-state index in [2.05, 4.69) is 5.32 Å². The Balaban J connectivity index is 1.74. The molecule has 1 aliphatic heterocycles. The van der Waals surface area contributed by atoms with Crippen molar-refractivity contribution in [3.05, 3.63) is 24.2 Å². The number of nitrogens with zero attached hydrogens (tertiary/aromatic N) is 1. The van der Waals surface area contributed by atoms with Crippen LogP contribution in [0.1, 0.15) is 5.76 Å². The summed E-state index contributed by atoms with van der Waals surface area (Å²) in [4.78, 5) is 23.8. The molecule has 1 N–H and O–H groups in total. The Kier molecular flexibility index (Phi) is 3.09. The van der Waals surface area contributed by atoms with Gasteiger partial charge in [0.05, 0.1) is 19.4 Å². The third kappa shape index (κ3) is 2.53. The van der Waals surface area contributed by atoms with Gasteiger partial charge in [-0.1, -0.05) is 0 Å². The van der Waals surface area contributed by atoms with E-state index in [1.165, 1.54) is 4.90 Å². The number of carbonyl (C=O) groups is 2. The molecule has 86 valence electrons. The number of cyclic esters (lactones) is 1. The summed E-state index contributed by atoms with van der Waals surface area (Å²) < 4.78 is 9.76. The first-order chi connectivity index (χ1) is 7.75. The molecule has 1 aliphatic rings. The quantitative estimate of drug-likeness (QED) is 0.800. The van der Waals surface area contributed by atoms with Crippen molar-refractivity contribution in [3.63, 3.8) is 0 Å². The third-order valence-electron chi connectivity index (χ3n) is 2.22. The van der Waals surface area contributed by atoms with Crippen molar-refractivity contribution >= 4 is 12.0 Å². The van der Waals surface area contributed by atoms with Crippen LogP contribution in [0.3, 0.4) is 0 Å². The van der Waals surface area contributed by atoms with Crippen LogP contribution in [0.25, 0.3) is 0 Å². The summed E-state index contributed by atoms with van der Waals surface area (Å²) in [5, 5.41) is 2.65. The van der Waals surface area contributed by atoms with Crippen LogP contribution in [0.2, 0.25) is 0 Å². The number of rotatable bonds is 4. The van der Waals surface area contributed by atoms with Crippen LogP contribution in [0.4, 0.5) is 4.79 Å². The maximum absolute atomic E-state index is 11.4. The SMILES string of the molecule is O=C(CN1CCOC1=O)NCc1ccco1. The Morgan fingerprint density at radius 3 is 3.06 bits per heavy atom. The van der Waals surface area contributed by atoms with Gasteiger partial charge in [0.1, 0.15) is 18.9 Å². The van der Waals surface area contributed by atoms with Crippen molar-refractivity contribution in [3.8, 4) is 0 Å². The fourth-order valence-corrected chi connectivity index (χ4v) is 1.40. The maximum Gasteiger partial charge on any atom is 0.410 e. The highest BCUT2D eigenvalue weighted by atomic mass is 16.6. The zero-order valence-electron chi connectivity index (χ0n) is 8.64. The van der Waals surface area contributed by atoms with E-state index in [0.29, 0.717) is 25.5 Å². The second kappa shape index (κ2) is 4.69. The molecule has 0 spiro atoms. The highest BCUT2D eigenvalue weighted by molar-refractivity contribution is 5.82. The normalized spacial score (nSPS) is 15.0. The van der Waals surface area contributed by atoms with Gasteiger partial charge in [-0.2, -0.15) is 0 Å². The molecule has 6 heteroatoms. The van der Waals surface area contributed by atoms with Crippen LogP contribution < -0.4 is 5.32 Å². The van der Waals surface area contributed by atoms with Gasteiger partial charge in [0.25, 0.3) is 0 Å². The molecule has 0 aromatic carbocycles. The molecular formula is C10H12N2O4. The van der Waals surface area contributed by atoms with Crippen LogP contribution in [0.5, 0.6) is 0 Å². The predicted octanol–water partition coefficient (Wildman–Crippen LogP) is 0.348. The minimum absolute atomic E-state index is 0.0273. The van der Waals surface area contributed by atoms with Crippen molar-refractivity contribution in [1.82, 2.24) is 10.2 Å². The number of hydrogen-bond acceptors (Lipinski definition) is 4. The van der Waals surface area contributed by atoms with E-state index >= 15 is 0 Å². The van der Waals surface area contributed by atoms with Gasteiger partial charge in [-0.05, 0) is 12.1 Å². The highest BCUT2D eigenvalue weighted by Crippen LogP contribution is 2.02. The molecule has 0 bridgehead atoms. The Morgan fingerprint density at radius 2 is 2.44 bits per heavy atom. The topological polar surface area (TPSA) is 71.8 Å². The van der Waals surface area contributed by atoms with E-state index in [4.69, 9.17) is 9.15 Å². The predicted molar refractivity (Wildman–Crippen MR) is 53.5 cm³/mol. The van der Waals surface area contributed by atoms with E-state index in [9.17, 15) is 9.59 Å². The number of nitrogens with one attached hydrogen (secondary N) is 1. The first kappa shape index (κ1) is 10.5. The van der Waals surface area contributed by atoms with Crippen LogP contribution in [0.15, 0.2) is 22.8 Å². The molecule has 0 atom stereocenters. The van der Waals surface area contributed by atoms with Gasteiger partial charge in [0.15, 0.2) is 0 Å². The van der Waals surface area contributed by atoms with Crippen LogP contribution in [0, 0.1) is 0 Å². The fourth-order valence-electron chi connectivity index (χ4n) is 1.40. The lowest BCUT2D eigenvalue weighted by Gasteiger charge is -2.11. The van der Waals surface area contributed by atoms with E-state index in [1.54, 1.807) is 18.4 Å². The lowest BCUT2D eigenvalue weighted by atomic mass is 10.4. The summed E-state index contributed by atoms with van der Waals surface area (Å²) in [5.41, 5.74) is 0. The first-order valence-electron chi connectivity index (χ1n) is 4.96. The standard InChI is InChI=1S/C10H12N2O4/c13-9(7-12-3-5-16-10(12)14)11-6-8-2-1-4-15-8/h1-2,4H,3,5-7H2,(H,11,13). The lowest BCUT2D eigenvalue weighted by Crippen LogP contribution is -2.37. The molecule has 1 aromatic heterocycles. The second-order valence-electron chi connectivity index (χ2n) is 3.39. The molecule has 1 saturated heterocycles. The summed E-state index contributed by atoms with van der Waals surface area (Å²) in [6.45, 7) is 1.17. The summed E-state index contributed by atoms with van der Waals surface area (Å²) in [5.74, 6) is 0.451. The van der Waals surface area contributed by atoms with Crippen molar-refractivity contribution < 1.29 is 18.7 Å². The molecule has 0 radical (unpaired) electrons. The van der Waals surface area contributed by atoms with Gasteiger partial charge >= 0.3 is 6.09 Å². The molecule has 6 nitrogen and oxygen atoms in total. The van der Waals surface area contributed by atoms with Crippen LogP contribution >= 0.6 is 0 Å². The maximum atomic E-state index is 11.4. The molecule has 2 heterocycles. The molecule has 2 rings (SSSR count). The minimum Gasteiger partial charge on any atom is -0.467 e. The van der Waals surface area contributed by atoms with E-state index in [0.717, 1.165) is 0 Å². The zero-order chi connectivity index (χ0) is 11.4. The molecule has 2 amide bonds.